The predicted octanol–water partition coefficient (Wildman–Crippen LogP) is 3.55. The number of ether oxygens (including phenoxy) is 2. The van der Waals surface area contributed by atoms with Gasteiger partial charge in [0, 0.05) is 26.2 Å². The first kappa shape index (κ1) is 21.1. The number of hydrazone groups is 1. The number of para-hydroxylation sites is 1. The van der Waals surface area contributed by atoms with Gasteiger partial charge >= 0.3 is 0 Å². The Hall–Kier alpha value is -3.72. The summed E-state index contributed by atoms with van der Waals surface area (Å²) in [5.41, 5.74) is 3.92. The van der Waals surface area contributed by atoms with Crippen LogP contribution >= 0.6 is 0 Å². The Kier molecular flexibility index (Phi) is 6.58. The third kappa shape index (κ3) is 5.56. The number of nitrogens with zero attached hydrogens (tertiary/aromatic N) is 6. The van der Waals surface area contributed by atoms with Gasteiger partial charge in [-0.3, -0.25) is 0 Å². The molecule has 2 saturated heterocycles. The third-order valence-electron chi connectivity index (χ3n) is 5.53. The van der Waals surface area contributed by atoms with E-state index in [1.807, 2.05) is 54.6 Å². The van der Waals surface area contributed by atoms with Crippen LogP contribution in [0.2, 0.25) is 0 Å². The number of nitrogens with one attached hydrogen (secondary N) is 1. The molecular weight excluding hydrogens is 418 g/mol. The van der Waals surface area contributed by atoms with Crippen molar-refractivity contribution >= 4 is 24.1 Å². The van der Waals surface area contributed by atoms with Crippen molar-refractivity contribution in [2.24, 2.45) is 5.10 Å². The number of morpholine rings is 1. The van der Waals surface area contributed by atoms with Crippen molar-refractivity contribution in [2.75, 3.05) is 54.6 Å². The molecule has 9 nitrogen and oxygen atoms in total. The number of rotatable bonds is 7. The van der Waals surface area contributed by atoms with Crippen LogP contribution in [0.1, 0.15) is 18.4 Å². The minimum atomic E-state index is 0.439. The van der Waals surface area contributed by atoms with E-state index in [0.717, 1.165) is 56.1 Å². The molecule has 3 aromatic rings. The number of aromatic nitrogens is 3. The number of hydrogen-bond acceptors (Lipinski definition) is 9. The van der Waals surface area contributed by atoms with Crippen molar-refractivity contribution in [1.29, 1.82) is 0 Å². The van der Waals surface area contributed by atoms with E-state index >= 15 is 0 Å². The van der Waals surface area contributed by atoms with Gasteiger partial charge in [0.15, 0.2) is 0 Å². The van der Waals surface area contributed by atoms with Crippen molar-refractivity contribution in [3.8, 4) is 11.5 Å². The maximum absolute atomic E-state index is 5.83. The van der Waals surface area contributed by atoms with Crippen LogP contribution in [0.3, 0.4) is 0 Å². The van der Waals surface area contributed by atoms with Crippen molar-refractivity contribution in [3.05, 3.63) is 60.2 Å². The van der Waals surface area contributed by atoms with Crippen molar-refractivity contribution < 1.29 is 9.47 Å². The minimum Gasteiger partial charge on any atom is -0.457 e. The molecule has 0 aliphatic carbocycles. The van der Waals surface area contributed by atoms with Crippen molar-refractivity contribution in [3.63, 3.8) is 0 Å². The molecule has 0 amide bonds. The Balaban J connectivity index is 1.27. The van der Waals surface area contributed by atoms with E-state index in [1.54, 1.807) is 6.21 Å². The Bertz CT molecular complexity index is 1060. The highest BCUT2D eigenvalue weighted by atomic mass is 16.5. The fourth-order valence-electron chi connectivity index (χ4n) is 3.78. The molecule has 2 aliphatic rings. The van der Waals surface area contributed by atoms with Crippen LogP contribution in [0.15, 0.2) is 59.7 Å². The summed E-state index contributed by atoms with van der Waals surface area (Å²) in [6.45, 7) is 4.82. The molecule has 0 saturated carbocycles. The van der Waals surface area contributed by atoms with E-state index in [9.17, 15) is 0 Å². The van der Waals surface area contributed by atoms with E-state index in [1.165, 1.54) is 0 Å². The first-order valence-corrected chi connectivity index (χ1v) is 11.3. The van der Waals surface area contributed by atoms with Crippen LogP contribution in [0.5, 0.6) is 11.5 Å². The fourth-order valence-corrected chi connectivity index (χ4v) is 3.78. The zero-order chi connectivity index (χ0) is 22.3. The standard InChI is InChI=1S/C24H27N7O2/c1-2-6-20(7-3-1)33-21-10-8-19(9-11-21)18-25-29-22-26-23(30-12-4-5-13-30)28-24(27-22)31-14-16-32-17-15-31/h1-3,6-11,18H,4-5,12-17H2,(H,26,27,28,29). The maximum Gasteiger partial charge on any atom is 0.250 e. The minimum absolute atomic E-state index is 0.439. The monoisotopic (exact) mass is 445 g/mol. The van der Waals surface area contributed by atoms with Gasteiger partial charge in [0.25, 0.3) is 0 Å². The molecule has 2 aromatic carbocycles. The number of hydrogen-bond donors (Lipinski definition) is 1. The van der Waals surface area contributed by atoms with Crippen LogP contribution < -0.4 is 20.0 Å². The summed E-state index contributed by atoms with van der Waals surface area (Å²) in [6, 6.07) is 17.4. The Morgan fingerprint density at radius 3 is 2.12 bits per heavy atom. The first-order chi connectivity index (χ1) is 16.3. The molecule has 2 aliphatic heterocycles. The molecular formula is C24H27N7O2. The normalized spacial score (nSPS) is 16.4. The predicted molar refractivity (Wildman–Crippen MR) is 128 cm³/mol. The lowest BCUT2D eigenvalue weighted by atomic mass is 10.2. The van der Waals surface area contributed by atoms with Crippen LogP contribution in [-0.2, 0) is 4.74 Å². The zero-order valence-corrected chi connectivity index (χ0v) is 18.4. The highest BCUT2D eigenvalue weighted by molar-refractivity contribution is 5.80. The van der Waals surface area contributed by atoms with Crippen LogP contribution in [0.25, 0.3) is 0 Å². The van der Waals surface area contributed by atoms with Crippen molar-refractivity contribution in [1.82, 2.24) is 15.0 Å². The molecule has 0 unspecified atom stereocenters. The van der Waals surface area contributed by atoms with Gasteiger partial charge in [-0.1, -0.05) is 18.2 Å². The molecule has 0 spiro atoms. The lowest BCUT2D eigenvalue weighted by Gasteiger charge is -2.27. The quantitative estimate of drug-likeness (QED) is 0.436. The van der Waals surface area contributed by atoms with E-state index < -0.39 is 0 Å². The summed E-state index contributed by atoms with van der Waals surface area (Å²) in [7, 11) is 0. The van der Waals surface area contributed by atoms with Gasteiger partial charge in [0.1, 0.15) is 11.5 Å². The molecule has 1 N–H and O–H groups in total. The highest BCUT2D eigenvalue weighted by Gasteiger charge is 2.21. The highest BCUT2D eigenvalue weighted by Crippen LogP contribution is 2.22. The smallest absolute Gasteiger partial charge is 0.250 e. The summed E-state index contributed by atoms with van der Waals surface area (Å²) in [4.78, 5) is 18.2. The topological polar surface area (TPSA) is 88.0 Å². The van der Waals surface area contributed by atoms with Crippen LogP contribution in [0.4, 0.5) is 17.8 Å². The Morgan fingerprint density at radius 1 is 0.788 bits per heavy atom. The molecule has 0 bridgehead atoms. The van der Waals surface area contributed by atoms with E-state index in [0.29, 0.717) is 31.1 Å². The average molecular weight is 446 g/mol. The van der Waals surface area contributed by atoms with E-state index in [2.05, 4.69) is 30.3 Å². The summed E-state index contributed by atoms with van der Waals surface area (Å²) in [5, 5.41) is 4.35. The van der Waals surface area contributed by atoms with E-state index in [4.69, 9.17) is 14.5 Å². The fraction of sp³-hybridized carbons (Fsp3) is 0.333. The van der Waals surface area contributed by atoms with E-state index in [-0.39, 0.29) is 0 Å². The Morgan fingerprint density at radius 2 is 1.42 bits per heavy atom. The molecule has 3 heterocycles. The summed E-state index contributed by atoms with van der Waals surface area (Å²) < 4.78 is 11.3. The van der Waals surface area contributed by atoms with Crippen LogP contribution in [-0.4, -0.2) is 60.6 Å². The van der Waals surface area contributed by atoms with Gasteiger partial charge in [-0.2, -0.15) is 20.1 Å². The lowest BCUT2D eigenvalue weighted by Crippen LogP contribution is -2.38. The summed E-state index contributed by atoms with van der Waals surface area (Å²) >= 11 is 0. The lowest BCUT2D eigenvalue weighted by molar-refractivity contribution is 0.122. The second-order valence-corrected chi connectivity index (χ2v) is 7.91. The molecule has 33 heavy (non-hydrogen) atoms. The molecule has 170 valence electrons. The number of benzene rings is 2. The van der Waals surface area contributed by atoms with Gasteiger partial charge in [0.05, 0.1) is 19.4 Å². The van der Waals surface area contributed by atoms with Gasteiger partial charge in [-0.05, 0) is 54.8 Å². The maximum atomic E-state index is 5.83. The van der Waals surface area contributed by atoms with Gasteiger partial charge in [-0.15, -0.1) is 0 Å². The number of anilines is 3. The second-order valence-electron chi connectivity index (χ2n) is 7.91. The largest absolute Gasteiger partial charge is 0.457 e. The molecule has 0 atom stereocenters. The molecule has 5 rings (SSSR count). The second kappa shape index (κ2) is 10.3. The van der Waals surface area contributed by atoms with Crippen LogP contribution in [0, 0.1) is 0 Å². The Labute approximate surface area is 193 Å². The van der Waals surface area contributed by atoms with Gasteiger partial charge in [0.2, 0.25) is 17.8 Å². The first-order valence-electron chi connectivity index (χ1n) is 11.3. The molecule has 0 radical (unpaired) electrons. The third-order valence-corrected chi connectivity index (χ3v) is 5.53. The van der Waals surface area contributed by atoms with Crippen molar-refractivity contribution in [2.45, 2.75) is 12.8 Å². The van der Waals surface area contributed by atoms with Gasteiger partial charge in [-0.25, -0.2) is 5.43 Å². The summed E-state index contributed by atoms with van der Waals surface area (Å²) in [6.07, 6.45) is 4.05. The molecule has 2 fully saturated rings. The summed E-state index contributed by atoms with van der Waals surface area (Å²) in [5.74, 6) is 3.38. The average Bonchev–Trinajstić information content (AvgIpc) is 3.42. The molecule has 9 heteroatoms. The van der Waals surface area contributed by atoms with Gasteiger partial charge < -0.3 is 19.3 Å². The zero-order valence-electron chi connectivity index (χ0n) is 18.4. The SMILES string of the molecule is C(=NNc1nc(N2CCCC2)nc(N2CCOCC2)n1)c1ccc(Oc2ccccc2)cc1. The molecule has 1 aromatic heterocycles.